The molecular weight excluding hydrogens is 260 g/mol. The SMILES string of the molecule is NC1=NN=CC1C=Nc1ccc(OC(N)(N)CO)cc1. The van der Waals surface area contributed by atoms with Crippen LogP contribution in [0.1, 0.15) is 0 Å². The number of hydrogen-bond donors (Lipinski definition) is 4. The van der Waals surface area contributed by atoms with E-state index in [-0.39, 0.29) is 5.92 Å². The van der Waals surface area contributed by atoms with Gasteiger partial charge >= 0.3 is 0 Å². The Hall–Kier alpha value is -2.29. The minimum atomic E-state index is -1.60. The van der Waals surface area contributed by atoms with E-state index in [9.17, 15) is 0 Å². The molecule has 1 aliphatic rings. The molecule has 0 saturated carbocycles. The van der Waals surface area contributed by atoms with Gasteiger partial charge in [0.2, 0.25) is 5.85 Å². The Morgan fingerprint density at radius 2 is 2.05 bits per heavy atom. The summed E-state index contributed by atoms with van der Waals surface area (Å²) in [6.07, 6.45) is 3.25. The summed E-state index contributed by atoms with van der Waals surface area (Å²) in [5.74, 6) is -0.934. The first-order valence-corrected chi connectivity index (χ1v) is 5.88. The molecule has 0 radical (unpaired) electrons. The second-order valence-electron chi connectivity index (χ2n) is 4.30. The fourth-order valence-electron chi connectivity index (χ4n) is 1.45. The summed E-state index contributed by atoms with van der Waals surface area (Å²) >= 11 is 0. The van der Waals surface area contributed by atoms with Crippen LogP contribution < -0.4 is 21.9 Å². The normalized spacial score (nSPS) is 18.6. The molecule has 7 N–H and O–H groups in total. The van der Waals surface area contributed by atoms with E-state index in [1.807, 2.05) is 0 Å². The van der Waals surface area contributed by atoms with Gasteiger partial charge in [0.25, 0.3) is 0 Å². The van der Waals surface area contributed by atoms with Gasteiger partial charge < -0.3 is 15.6 Å². The zero-order valence-corrected chi connectivity index (χ0v) is 10.7. The number of nitrogens with zero attached hydrogens (tertiary/aromatic N) is 3. The highest BCUT2D eigenvalue weighted by Crippen LogP contribution is 2.19. The fourth-order valence-corrected chi connectivity index (χ4v) is 1.45. The Bertz CT molecular complexity index is 550. The van der Waals surface area contributed by atoms with E-state index in [4.69, 9.17) is 27.0 Å². The van der Waals surface area contributed by atoms with E-state index in [0.717, 1.165) is 0 Å². The maximum absolute atomic E-state index is 8.91. The number of amidine groups is 1. The molecule has 1 aromatic carbocycles. The second-order valence-corrected chi connectivity index (χ2v) is 4.30. The number of aliphatic hydroxyl groups excluding tert-OH is 1. The lowest BCUT2D eigenvalue weighted by atomic mass is 10.2. The lowest BCUT2D eigenvalue weighted by Crippen LogP contribution is -2.57. The molecule has 0 aromatic heterocycles. The van der Waals surface area contributed by atoms with Gasteiger partial charge in [0.1, 0.15) is 18.2 Å². The van der Waals surface area contributed by atoms with Crippen molar-refractivity contribution in [3.63, 3.8) is 0 Å². The first kappa shape index (κ1) is 14.1. The summed E-state index contributed by atoms with van der Waals surface area (Å²) in [6, 6.07) is 6.74. The summed E-state index contributed by atoms with van der Waals surface area (Å²) in [5, 5.41) is 16.3. The summed E-state index contributed by atoms with van der Waals surface area (Å²) in [5.41, 5.74) is 17.3. The maximum atomic E-state index is 8.91. The van der Waals surface area contributed by atoms with Crippen LogP contribution in [0, 0.1) is 5.92 Å². The summed E-state index contributed by atoms with van der Waals surface area (Å²) in [4.78, 5) is 4.25. The first-order chi connectivity index (χ1) is 9.50. The summed E-state index contributed by atoms with van der Waals surface area (Å²) in [6.45, 7) is -0.494. The second kappa shape index (κ2) is 5.78. The third kappa shape index (κ3) is 3.60. The van der Waals surface area contributed by atoms with Gasteiger partial charge in [-0.05, 0) is 24.3 Å². The Morgan fingerprint density at radius 3 is 2.60 bits per heavy atom. The Morgan fingerprint density at radius 1 is 1.35 bits per heavy atom. The summed E-state index contributed by atoms with van der Waals surface area (Å²) in [7, 11) is 0. The Balaban J connectivity index is 2.00. The molecule has 0 amide bonds. The van der Waals surface area contributed by atoms with Gasteiger partial charge in [-0.3, -0.25) is 16.5 Å². The maximum Gasteiger partial charge on any atom is 0.236 e. The van der Waals surface area contributed by atoms with E-state index in [2.05, 4.69) is 15.2 Å². The van der Waals surface area contributed by atoms with Crippen molar-refractivity contribution in [2.24, 2.45) is 38.3 Å². The highest BCUT2D eigenvalue weighted by molar-refractivity contribution is 6.11. The molecule has 8 heteroatoms. The number of ether oxygens (including phenoxy) is 1. The van der Waals surface area contributed by atoms with E-state index in [1.54, 1.807) is 36.7 Å². The first-order valence-electron chi connectivity index (χ1n) is 5.88. The van der Waals surface area contributed by atoms with Gasteiger partial charge in [-0.1, -0.05) is 0 Å². The van der Waals surface area contributed by atoms with Gasteiger partial charge in [0.15, 0.2) is 0 Å². The third-order valence-electron chi connectivity index (χ3n) is 2.52. The van der Waals surface area contributed by atoms with Crippen LogP contribution in [-0.4, -0.2) is 35.8 Å². The lowest BCUT2D eigenvalue weighted by Gasteiger charge is -2.23. The van der Waals surface area contributed by atoms with Crippen molar-refractivity contribution in [2.75, 3.05) is 6.61 Å². The van der Waals surface area contributed by atoms with Crippen LogP contribution in [-0.2, 0) is 0 Å². The number of nitrogens with two attached hydrogens (primary N) is 3. The van der Waals surface area contributed by atoms with Crippen LogP contribution in [0.4, 0.5) is 5.69 Å². The highest BCUT2D eigenvalue weighted by Gasteiger charge is 2.19. The van der Waals surface area contributed by atoms with Gasteiger partial charge in [0, 0.05) is 12.4 Å². The monoisotopic (exact) mass is 276 g/mol. The van der Waals surface area contributed by atoms with Crippen molar-refractivity contribution in [1.29, 1.82) is 0 Å². The molecule has 2 rings (SSSR count). The third-order valence-corrected chi connectivity index (χ3v) is 2.52. The predicted molar refractivity (Wildman–Crippen MR) is 77.0 cm³/mol. The number of rotatable bonds is 5. The molecule has 0 aliphatic carbocycles. The molecule has 106 valence electrons. The van der Waals surface area contributed by atoms with E-state index >= 15 is 0 Å². The number of hydrogen-bond acceptors (Lipinski definition) is 8. The smallest absolute Gasteiger partial charge is 0.236 e. The molecule has 1 aliphatic heterocycles. The van der Waals surface area contributed by atoms with Gasteiger partial charge in [-0.2, -0.15) is 5.10 Å². The van der Waals surface area contributed by atoms with Gasteiger partial charge in [0.05, 0.1) is 11.6 Å². The van der Waals surface area contributed by atoms with Crippen LogP contribution in [0.15, 0.2) is 39.5 Å². The quantitative estimate of drug-likeness (QED) is 0.415. The van der Waals surface area contributed by atoms with Crippen LogP contribution in [0.3, 0.4) is 0 Å². The molecule has 8 nitrogen and oxygen atoms in total. The Kier molecular flexibility index (Phi) is 4.08. The number of aliphatic hydroxyl groups is 1. The summed E-state index contributed by atoms with van der Waals surface area (Å²) < 4.78 is 5.19. The highest BCUT2D eigenvalue weighted by atomic mass is 16.5. The van der Waals surface area contributed by atoms with Crippen LogP contribution in [0.5, 0.6) is 5.75 Å². The zero-order valence-electron chi connectivity index (χ0n) is 10.7. The average molecular weight is 276 g/mol. The van der Waals surface area contributed by atoms with E-state index in [0.29, 0.717) is 17.3 Å². The van der Waals surface area contributed by atoms with Crippen molar-refractivity contribution < 1.29 is 9.84 Å². The number of benzene rings is 1. The van der Waals surface area contributed by atoms with Crippen molar-refractivity contribution in [2.45, 2.75) is 5.85 Å². The number of aliphatic imine (C=N–C) groups is 1. The van der Waals surface area contributed by atoms with Crippen molar-refractivity contribution >= 4 is 24.0 Å². The Labute approximate surface area is 115 Å². The van der Waals surface area contributed by atoms with Gasteiger partial charge in [-0.25, -0.2) is 0 Å². The van der Waals surface area contributed by atoms with E-state index < -0.39 is 12.5 Å². The molecule has 0 bridgehead atoms. The molecule has 1 atom stereocenters. The molecule has 20 heavy (non-hydrogen) atoms. The predicted octanol–water partition coefficient (Wildman–Crippen LogP) is -0.696. The fraction of sp³-hybridized carbons (Fsp3) is 0.250. The molecular formula is C12H16N6O2. The van der Waals surface area contributed by atoms with Crippen molar-refractivity contribution in [3.8, 4) is 5.75 Å². The minimum absolute atomic E-state index is 0.180. The molecule has 1 heterocycles. The van der Waals surface area contributed by atoms with Crippen LogP contribution in [0.25, 0.3) is 0 Å². The van der Waals surface area contributed by atoms with Gasteiger partial charge in [-0.15, -0.1) is 5.10 Å². The molecule has 1 unspecified atom stereocenters. The topological polar surface area (TPSA) is 145 Å². The van der Waals surface area contributed by atoms with Crippen LogP contribution in [0.2, 0.25) is 0 Å². The van der Waals surface area contributed by atoms with Crippen molar-refractivity contribution in [1.82, 2.24) is 0 Å². The minimum Gasteiger partial charge on any atom is -0.458 e. The average Bonchev–Trinajstić information content (AvgIpc) is 2.83. The standard InChI is InChI=1S/C12H16N6O2/c13-11-8(6-17-18-11)5-16-9-1-3-10(4-2-9)20-12(14,15)7-19/h1-6,8,19H,7,14-15H2,(H2,13,18). The zero-order chi connectivity index (χ0) is 14.6. The molecule has 0 spiro atoms. The lowest BCUT2D eigenvalue weighted by molar-refractivity contribution is 0.0198. The van der Waals surface area contributed by atoms with Crippen LogP contribution >= 0.6 is 0 Å². The largest absolute Gasteiger partial charge is 0.458 e. The van der Waals surface area contributed by atoms with E-state index in [1.165, 1.54) is 0 Å². The van der Waals surface area contributed by atoms with Crippen molar-refractivity contribution in [3.05, 3.63) is 24.3 Å². The molecule has 1 aromatic rings. The molecule has 0 fully saturated rings. The molecule has 0 saturated heterocycles.